The molecule has 1 nitrogen and oxygen atoms in total. The van der Waals surface area contributed by atoms with E-state index in [1.54, 1.807) is 0 Å². The predicted molar refractivity (Wildman–Crippen MR) is 85.5 cm³/mol. The van der Waals surface area contributed by atoms with E-state index in [0.717, 1.165) is 24.3 Å². The molecule has 0 heterocycles. The number of rotatable bonds is 4. The molecule has 0 aromatic heterocycles. The number of aryl methyl sites for hydroxylation is 1. The summed E-state index contributed by atoms with van der Waals surface area (Å²) in [6.45, 7) is 8.93. The third-order valence-corrected chi connectivity index (χ3v) is 3.23. The molecule has 0 saturated carbocycles. The van der Waals surface area contributed by atoms with Crippen molar-refractivity contribution in [2.75, 3.05) is 0 Å². The van der Waals surface area contributed by atoms with E-state index in [9.17, 15) is 0 Å². The number of hydrogen-bond donors (Lipinski definition) is 0. The van der Waals surface area contributed by atoms with Gasteiger partial charge in [-0.2, -0.15) is 0 Å². The Morgan fingerprint density at radius 3 is 1.60 bits per heavy atom. The fraction of sp³-hybridized carbons (Fsp3) is 0.368. The van der Waals surface area contributed by atoms with Crippen molar-refractivity contribution in [1.29, 1.82) is 0 Å². The Morgan fingerprint density at radius 2 is 1.20 bits per heavy atom. The average Bonchev–Trinajstić information content (AvgIpc) is 2.40. The van der Waals surface area contributed by atoms with Gasteiger partial charge in [-0.05, 0) is 53.6 Å². The SMILES string of the molecule is CCc1ccc(Oc2ccc(CC(C)(C)C)cc2)cc1. The van der Waals surface area contributed by atoms with Crippen LogP contribution in [0.2, 0.25) is 0 Å². The zero-order chi connectivity index (χ0) is 14.6. The van der Waals surface area contributed by atoms with E-state index in [1.165, 1.54) is 11.1 Å². The monoisotopic (exact) mass is 268 g/mol. The summed E-state index contributed by atoms with van der Waals surface area (Å²) in [6, 6.07) is 16.7. The quantitative estimate of drug-likeness (QED) is 0.698. The molecule has 2 aromatic carbocycles. The van der Waals surface area contributed by atoms with E-state index in [2.05, 4.69) is 64.1 Å². The second kappa shape index (κ2) is 6.13. The van der Waals surface area contributed by atoms with E-state index in [1.807, 2.05) is 12.1 Å². The Hall–Kier alpha value is -1.76. The summed E-state index contributed by atoms with van der Waals surface area (Å²) >= 11 is 0. The normalized spacial score (nSPS) is 11.4. The van der Waals surface area contributed by atoms with Crippen molar-refractivity contribution in [3.8, 4) is 11.5 Å². The van der Waals surface area contributed by atoms with Gasteiger partial charge >= 0.3 is 0 Å². The third-order valence-electron chi connectivity index (χ3n) is 3.23. The van der Waals surface area contributed by atoms with E-state index >= 15 is 0 Å². The molecule has 0 bridgehead atoms. The van der Waals surface area contributed by atoms with Crippen molar-refractivity contribution in [2.45, 2.75) is 40.5 Å². The van der Waals surface area contributed by atoms with Crippen molar-refractivity contribution in [3.63, 3.8) is 0 Å². The fourth-order valence-electron chi connectivity index (χ4n) is 2.22. The first kappa shape index (κ1) is 14.6. The lowest BCUT2D eigenvalue weighted by atomic mass is 9.88. The van der Waals surface area contributed by atoms with Crippen molar-refractivity contribution < 1.29 is 4.74 Å². The maximum atomic E-state index is 5.86. The van der Waals surface area contributed by atoms with Crippen LogP contribution in [-0.2, 0) is 12.8 Å². The minimum atomic E-state index is 0.318. The molecule has 0 aliphatic heterocycles. The molecule has 0 amide bonds. The lowest BCUT2D eigenvalue weighted by Crippen LogP contribution is -2.08. The first-order valence-electron chi connectivity index (χ1n) is 7.32. The van der Waals surface area contributed by atoms with Crippen LogP contribution < -0.4 is 4.74 Å². The third kappa shape index (κ3) is 4.41. The molecular weight excluding hydrogens is 244 g/mol. The van der Waals surface area contributed by atoms with Gasteiger partial charge in [-0.3, -0.25) is 0 Å². The van der Waals surface area contributed by atoms with Gasteiger partial charge in [0.25, 0.3) is 0 Å². The summed E-state index contributed by atoms with van der Waals surface area (Å²) < 4.78 is 5.86. The van der Waals surface area contributed by atoms with Crippen LogP contribution in [0.4, 0.5) is 0 Å². The second-order valence-electron chi connectivity index (χ2n) is 6.48. The number of ether oxygens (including phenoxy) is 1. The Bertz CT molecular complexity index is 529. The molecule has 1 heteroatoms. The number of hydrogen-bond acceptors (Lipinski definition) is 1. The van der Waals surface area contributed by atoms with Crippen LogP contribution in [0.5, 0.6) is 11.5 Å². The van der Waals surface area contributed by atoms with E-state index in [-0.39, 0.29) is 0 Å². The van der Waals surface area contributed by atoms with Gasteiger partial charge in [0, 0.05) is 0 Å². The second-order valence-corrected chi connectivity index (χ2v) is 6.48. The van der Waals surface area contributed by atoms with Gasteiger partial charge in [-0.1, -0.05) is 52.0 Å². The summed E-state index contributed by atoms with van der Waals surface area (Å²) in [5.41, 5.74) is 3.00. The summed E-state index contributed by atoms with van der Waals surface area (Å²) in [5, 5.41) is 0. The van der Waals surface area contributed by atoms with E-state index in [4.69, 9.17) is 4.74 Å². The van der Waals surface area contributed by atoms with Crippen LogP contribution in [0.25, 0.3) is 0 Å². The molecule has 106 valence electrons. The van der Waals surface area contributed by atoms with Crippen molar-refractivity contribution in [2.24, 2.45) is 5.41 Å². The van der Waals surface area contributed by atoms with Gasteiger partial charge < -0.3 is 4.74 Å². The van der Waals surface area contributed by atoms with Crippen LogP contribution in [0.15, 0.2) is 48.5 Å². The van der Waals surface area contributed by atoms with Crippen LogP contribution in [0.3, 0.4) is 0 Å². The first-order valence-corrected chi connectivity index (χ1v) is 7.32. The van der Waals surface area contributed by atoms with Crippen molar-refractivity contribution in [1.82, 2.24) is 0 Å². The molecule has 0 saturated heterocycles. The zero-order valence-corrected chi connectivity index (χ0v) is 12.9. The van der Waals surface area contributed by atoms with Crippen LogP contribution in [-0.4, -0.2) is 0 Å². The highest BCUT2D eigenvalue weighted by molar-refractivity contribution is 5.34. The molecule has 0 atom stereocenters. The molecule has 0 unspecified atom stereocenters. The van der Waals surface area contributed by atoms with Gasteiger partial charge in [0.15, 0.2) is 0 Å². The van der Waals surface area contributed by atoms with E-state index < -0.39 is 0 Å². The highest BCUT2D eigenvalue weighted by Gasteiger charge is 2.11. The minimum absolute atomic E-state index is 0.318. The molecule has 2 rings (SSSR count). The van der Waals surface area contributed by atoms with Gasteiger partial charge in [0.2, 0.25) is 0 Å². The Balaban J connectivity index is 2.02. The fourth-order valence-corrected chi connectivity index (χ4v) is 2.22. The minimum Gasteiger partial charge on any atom is -0.457 e. The lowest BCUT2D eigenvalue weighted by molar-refractivity contribution is 0.410. The van der Waals surface area contributed by atoms with Crippen LogP contribution in [0, 0.1) is 5.41 Å². The Morgan fingerprint density at radius 1 is 0.750 bits per heavy atom. The predicted octanol–water partition coefficient (Wildman–Crippen LogP) is 5.63. The number of benzene rings is 2. The molecule has 0 N–H and O–H groups in total. The van der Waals surface area contributed by atoms with Gasteiger partial charge in [0.1, 0.15) is 11.5 Å². The summed E-state index contributed by atoms with van der Waals surface area (Å²) in [4.78, 5) is 0. The van der Waals surface area contributed by atoms with Gasteiger partial charge in [-0.25, -0.2) is 0 Å². The first-order chi connectivity index (χ1) is 9.46. The largest absolute Gasteiger partial charge is 0.457 e. The van der Waals surface area contributed by atoms with Crippen molar-refractivity contribution in [3.05, 3.63) is 59.7 Å². The summed E-state index contributed by atoms with van der Waals surface area (Å²) in [6.07, 6.45) is 2.14. The maximum absolute atomic E-state index is 5.86. The molecule has 0 aliphatic carbocycles. The maximum Gasteiger partial charge on any atom is 0.127 e. The Labute approximate surface area is 122 Å². The molecule has 2 aromatic rings. The average molecular weight is 268 g/mol. The van der Waals surface area contributed by atoms with Gasteiger partial charge in [0.05, 0.1) is 0 Å². The molecule has 0 aliphatic rings. The molecule has 20 heavy (non-hydrogen) atoms. The molecule has 0 fully saturated rings. The molecule has 0 radical (unpaired) electrons. The van der Waals surface area contributed by atoms with Crippen molar-refractivity contribution >= 4 is 0 Å². The zero-order valence-electron chi connectivity index (χ0n) is 12.9. The van der Waals surface area contributed by atoms with Crippen LogP contribution in [0.1, 0.15) is 38.8 Å². The van der Waals surface area contributed by atoms with Crippen LogP contribution >= 0.6 is 0 Å². The highest BCUT2D eigenvalue weighted by Crippen LogP contribution is 2.25. The topological polar surface area (TPSA) is 9.23 Å². The summed E-state index contributed by atoms with van der Waals surface area (Å²) in [7, 11) is 0. The summed E-state index contributed by atoms with van der Waals surface area (Å²) in [5.74, 6) is 1.79. The molecule has 0 spiro atoms. The standard InChI is InChI=1S/C19H24O/c1-5-15-6-10-17(11-7-15)20-18-12-8-16(9-13-18)14-19(2,3)4/h6-13H,5,14H2,1-4H3. The highest BCUT2D eigenvalue weighted by atomic mass is 16.5. The van der Waals surface area contributed by atoms with E-state index in [0.29, 0.717) is 5.41 Å². The van der Waals surface area contributed by atoms with Gasteiger partial charge in [-0.15, -0.1) is 0 Å². The Kier molecular flexibility index (Phi) is 4.49. The molecular formula is C19H24O. The lowest BCUT2D eigenvalue weighted by Gasteiger charge is -2.18. The smallest absolute Gasteiger partial charge is 0.127 e.